The number of nitrogens with two attached hydrogens (primary N) is 1. The first-order chi connectivity index (χ1) is 6.65. The van der Waals surface area contributed by atoms with Crippen LogP contribution < -0.4 is 5.73 Å². The fraction of sp³-hybridized carbons (Fsp3) is 0.300. The molecule has 4 heteroatoms. The van der Waals surface area contributed by atoms with Crippen molar-refractivity contribution in [2.24, 2.45) is 10.7 Å². The zero-order chi connectivity index (χ0) is 10.6. The third kappa shape index (κ3) is 2.52. The molecule has 0 unspecified atom stereocenters. The van der Waals surface area contributed by atoms with Crippen molar-refractivity contribution in [2.75, 3.05) is 0 Å². The SMILES string of the molecule is CCCC(N)=Nc1cccc(F)c1F. The Balaban J connectivity index is 2.96. The molecule has 0 bridgehead atoms. The highest BCUT2D eigenvalue weighted by Crippen LogP contribution is 2.19. The summed E-state index contributed by atoms with van der Waals surface area (Å²) in [5, 5.41) is 0. The minimum atomic E-state index is -0.952. The summed E-state index contributed by atoms with van der Waals surface area (Å²) in [5.41, 5.74) is 5.45. The number of nitrogens with zero attached hydrogens (tertiary/aromatic N) is 1. The Bertz CT molecular complexity index is 348. The van der Waals surface area contributed by atoms with E-state index in [-0.39, 0.29) is 5.69 Å². The molecule has 1 rings (SSSR count). The largest absolute Gasteiger partial charge is 0.387 e. The summed E-state index contributed by atoms with van der Waals surface area (Å²) in [4.78, 5) is 3.79. The van der Waals surface area contributed by atoms with Gasteiger partial charge in [0.1, 0.15) is 5.69 Å². The van der Waals surface area contributed by atoms with Gasteiger partial charge in [0, 0.05) is 6.42 Å². The molecule has 0 atom stereocenters. The molecule has 0 aliphatic carbocycles. The van der Waals surface area contributed by atoms with Crippen LogP contribution in [0, 0.1) is 11.6 Å². The maximum Gasteiger partial charge on any atom is 0.184 e. The third-order valence-electron chi connectivity index (χ3n) is 1.70. The molecule has 0 amide bonds. The van der Waals surface area contributed by atoms with E-state index >= 15 is 0 Å². The van der Waals surface area contributed by atoms with Gasteiger partial charge in [-0.25, -0.2) is 13.8 Å². The summed E-state index contributed by atoms with van der Waals surface area (Å²) in [6.07, 6.45) is 1.40. The van der Waals surface area contributed by atoms with Crippen LogP contribution in [0.1, 0.15) is 19.8 Å². The molecule has 0 fully saturated rings. The van der Waals surface area contributed by atoms with Crippen LogP contribution in [-0.2, 0) is 0 Å². The molecule has 2 N–H and O–H groups in total. The van der Waals surface area contributed by atoms with Crippen LogP contribution in [0.25, 0.3) is 0 Å². The second kappa shape index (κ2) is 4.69. The third-order valence-corrected chi connectivity index (χ3v) is 1.70. The first-order valence-electron chi connectivity index (χ1n) is 4.42. The summed E-state index contributed by atoms with van der Waals surface area (Å²) in [5.74, 6) is -1.54. The van der Waals surface area contributed by atoms with Crippen LogP contribution in [0.3, 0.4) is 0 Å². The van der Waals surface area contributed by atoms with Gasteiger partial charge < -0.3 is 5.73 Å². The zero-order valence-electron chi connectivity index (χ0n) is 7.93. The molecule has 1 aromatic rings. The molecule has 0 aliphatic rings. The van der Waals surface area contributed by atoms with Crippen LogP contribution in [0.5, 0.6) is 0 Å². The first kappa shape index (κ1) is 10.6. The number of halogens is 2. The first-order valence-corrected chi connectivity index (χ1v) is 4.42. The Labute approximate surface area is 81.5 Å². The van der Waals surface area contributed by atoms with Crippen molar-refractivity contribution in [1.29, 1.82) is 0 Å². The van der Waals surface area contributed by atoms with E-state index in [2.05, 4.69) is 4.99 Å². The van der Waals surface area contributed by atoms with E-state index < -0.39 is 11.6 Å². The van der Waals surface area contributed by atoms with E-state index in [1.807, 2.05) is 6.92 Å². The number of amidine groups is 1. The van der Waals surface area contributed by atoms with Crippen molar-refractivity contribution in [3.8, 4) is 0 Å². The standard InChI is InChI=1S/C10H12F2N2/c1-2-4-9(13)14-8-6-3-5-7(11)10(8)12/h3,5-6H,2,4H2,1H3,(H2,13,14). The molecule has 0 saturated heterocycles. The van der Waals surface area contributed by atoms with Gasteiger partial charge in [-0.15, -0.1) is 0 Å². The summed E-state index contributed by atoms with van der Waals surface area (Å²) < 4.78 is 25.8. The second-order valence-electron chi connectivity index (χ2n) is 2.93. The molecule has 0 saturated carbocycles. The average Bonchev–Trinajstić information content (AvgIpc) is 2.13. The van der Waals surface area contributed by atoms with Crippen molar-refractivity contribution < 1.29 is 8.78 Å². The predicted molar refractivity (Wildman–Crippen MR) is 52.5 cm³/mol. The van der Waals surface area contributed by atoms with E-state index in [0.29, 0.717) is 12.3 Å². The van der Waals surface area contributed by atoms with Crippen LogP contribution in [0.4, 0.5) is 14.5 Å². The summed E-state index contributed by atoms with van der Waals surface area (Å²) in [6, 6.07) is 3.84. The van der Waals surface area contributed by atoms with Crippen LogP contribution in [-0.4, -0.2) is 5.84 Å². The molecule has 0 aliphatic heterocycles. The quantitative estimate of drug-likeness (QED) is 0.588. The number of rotatable bonds is 3. The average molecular weight is 198 g/mol. The fourth-order valence-corrected chi connectivity index (χ4v) is 1.05. The van der Waals surface area contributed by atoms with E-state index in [0.717, 1.165) is 12.5 Å². The molecule has 1 aromatic carbocycles. The summed E-state index contributed by atoms with van der Waals surface area (Å²) in [7, 11) is 0. The van der Waals surface area contributed by atoms with Gasteiger partial charge in [-0.2, -0.15) is 0 Å². The molecule has 0 spiro atoms. The van der Waals surface area contributed by atoms with E-state index in [9.17, 15) is 8.78 Å². The van der Waals surface area contributed by atoms with Crippen molar-refractivity contribution >= 4 is 11.5 Å². The van der Waals surface area contributed by atoms with E-state index in [1.54, 1.807) is 0 Å². The highest BCUT2D eigenvalue weighted by Gasteiger charge is 2.06. The predicted octanol–water partition coefficient (Wildman–Crippen LogP) is 2.75. The molecule has 76 valence electrons. The van der Waals surface area contributed by atoms with E-state index in [1.165, 1.54) is 12.1 Å². The normalized spacial score (nSPS) is 11.8. The lowest BCUT2D eigenvalue weighted by Gasteiger charge is -2.00. The van der Waals surface area contributed by atoms with Gasteiger partial charge in [0.05, 0.1) is 5.84 Å². The molecule has 14 heavy (non-hydrogen) atoms. The maximum atomic E-state index is 13.1. The van der Waals surface area contributed by atoms with Crippen LogP contribution in [0.15, 0.2) is 23.2 Å². The maximum absolute atomic E-state index is 13.1. The summed E-state index contributed by atoms with van der Waals surface area (Å²) >= 11 is 0. The van der Waals surface area contributed by atoms with Crippen molar-refractivity contribution in [2.45, 2.75) is 19.8 Å². The smallest absolute Gasteiger partial charge is 0.184 e. The van der Waals surface area contributed by atoms with Gasteiger partial charge in [0.2, 0.25) is 0 Å². The molecule has 0 radical (unpaired) electrons. The minimum Gasteiger partial charge on any atom is -0.387 e. The Hall–Kier alpha value is -1.45. The molecule has 2 nitrogen and oxygen atoms in total. The molecular formula is C10H12F2N2. The Kier molecular flexibility index (Phi) is 3.56. The lowest BCUT2D eigenvalue weighted by molar-refractivity contribution is 0.510. The number of hydrogen-bond acceptors (Lipinski definition) is 1. The highest BCUT2D eigenvalue weighted by molar-refractivity contribution is 5.83. The van der Waals surface area contributed by atoms with Gasteiger partial charge in [0.25, 0.3) is 0 Å². The van der Waals surface area contributed by atoms with Crippen molar-refractivity contribution in [3.63, 3.8) is 0 Å². The lowest BCUT2D eigenvalue weighted by Crippen LogP contribution is -2.10. The zero-order valence-corrected chi connectivity index (χ0v) is 7.93. The van der Waals surface area contributed by atoms with Crippen molar-refractivity contribution in [3.05, 3.63) is 29.8 Å². The number of benzene rings is 1. The highest BCUT2D eigenvalue weighted by atomic mass is 19.2. The lowest BCUT2D eigenvalue weighted by atomic mass is 10.3. The van der Waals surface area contributed by atoms with Gasteiger partial charge in [0.15, 0.2) is 11.6 Å². The number of aliphatic imine (C=N–C) groups is 1. The molecule has 0 heterocycles. The van der Waals surface area contributed by atoms with Gasteiger partial charge in [-0.3, -0.25) is 0 Å². The minimum absolute atomic E-state index is 0.0454. The summed E-state index contributed by atoms with van der Waals surface area (Å²) in [6.45, 7) is 1.93. The molecule has 0 aromatic heterocycles. The van der Waals surface area contributed by atoms with Crippen LogP contribution in [0.2, 0.25) is 0 Å². The Morgan fingerprint density at radius 1 is 1.43 bits per heavy atom. The Morgan fingerprint density at radius 2 is 2.14 bits per heavy atom. The van der Waals surface area contributed by atoms with Crippen molar-refractivity contribution in [1.82, 2.24) is 0 Å². The van der Waals surface area contributed by atoms with Crippen LogP contribution >= 0.6 is 0 Å². The van der Waals surface area contributed by atoms with Gasteiger partial charge >= 0.3 is 0 Å². The Morgan fingerprint density at radius 3 is 2.79 bits per heavy atom. The fourth-order valence-electron chi connectivity index (χ4n) is 1.05. The second-order valence-corrected chi connectivity index (χ2v) is 2.93. The topological polar surface area (TPSA) is 38.4 Å². The number of hydrogen-bond donors (Lipinski definition) is 1. The van der Waals surface area contributed by atoms with Gasteiger partial charge in [-0.05, 0) is 18.6 Å². The van der Waals surface area contributed by atoms with E-state index in [4.69, 9.17) is 5.73 Å². The monoisotopic (exact) mass is 198 g/mol. The molecular weight excluding hydrogens is 186 g/mol. The van der Waals surface area contributed by atoms with Gasteiger partial charge in [-0.1, -0.05) is 13.0 Å².